The van der Waals surface area contributed by atoms with Crippen molar-refractivity contribution >= 4 is 5.78 Å². The average molecular weight is 150 g/mol. The van der Waals surface area contributed by atoms with Crippen molar-refractivity contribution in [2.45, 2.75) is 26.7 Å². The fourth-order valence-corrected chi connectivity index (χ4v) is 2.23. The highest BCUT2D eigenvalue weighted by atomic mass is 16.1. The maximum Gasteiger partial charge on any atom is 0.143 e. The largest absolute Gasteiger partial charge is 0.299 e. The lowest BCUT2D eigenvalue weighted by molar-refractivity contribution is -0.132. The summed E-state index contributed by atoms with van der Waals surface area (Å²) in [6.45, 7) is 4.26. The molecule has 1 saturated carbocycles. The highest BCUT2D eigenvalue weighted by Gasteiger charge is 2.44. The van der Waals surface area contributed by atoms with Gasteiger partial charge in [-0.05, 0) is 18.3 Å². The van der Waals surface area contributed by atoms with E-state index in [4.69, 9.17) is 0 Å². The third kappa shape index (κ3) is 0.800. The summed E-state index contributed by atoms with van der Waals surface area (Å²) in [6, 6.07) is 0. The first-order chi connectivity index (χ1) is 5.13. The van der Waals surface area contributed by atoms with E-state index in [9.17, 15) is 4.79 Å². The SMILES string of the molecule is C[C@H]1C(=O)[C@H]2C=C[C@]1(C)CC2. The zero-order chi connectivity index (χ0) is 8.06. The van der Waals surface area contributed by atoms with Crippen LogP contribution in [-0.4, -0.2) is 5.78 Å². The van der Waals surface area contributed by atoms with E-state index in [1.165, 1.54) is 6.42 Å². The molecular formula is C10H14O. The van der Waals surface area contributed by atoms with Crippen molar-refractivity contribution < 1.29 is 4.79 Å². The Bertz CT molecular complexity index is 229. The van der Waals surface area contributed by atoms with Crippen LogP contribution < -0.4 is 0 Å². The number of carbonyl (C=O) groups is 1. The van der Waals surface area contributed by atoms with E-state index < -0.39 is 0 Å². The average Bonchev–Trinajstić information content (AvgIpc) is 2.01. The van der Waals surface area contributed by atoms with Gasteiger partial charge in [0.1, 0.15) is 5.78 Å². The molecule has 1 fully saturated rings. The van der Waals surface area contributed by atoms with Gasteiger partial charge in [0.05, 0.1) is 0 Å². The Hall–Kier alpha value is -0.590. The summed E-state index contributed by atoms with van der Waals surface area (Å²) in [4.78, 5) is 11.5. The Morgan fingerprint density at radius 3 is 2.73 bits per heavy atom. The lowest BCUT2D eigenvalue weighted by Crippen LogP contribution is -2.42. The second-order valence-corrected chi connectivity index (χ2v) is 4.13. The molecule has 3 atom stereocenters. The molecule has 1 nitrogen and oxygen atoms in total. The zero-order valence-corrected chi connectivity index (χ0v) is 7.13. The van der Waals surface area contributed by atoms with E-state index in [1.807, 2.05) is 0 Å². The first kappa shape index (κ1) is 7.08. The van der Waals surface area contributed by atoms with Gasteiger partial charge in [0.25, 0.3) is 0 Å². The molecule has 3 aliphatic rings. The maximum absolute atomic E-state index is 11.5. The number of allylic oxidation sites excluding steroid dienone is 2. The van der Waals surface area contributed by atoms with Crippen molar-refractivity contribution in [3.05, 3.63) is 12.2 Å². The molecule has 60 valence electrons. The molecule has 0 aliphatic heterocycles. The van der Waals surface area contributed by atoms with Gasteiger partial charge in [-0.1, -0.05) is 26.0 Å². The van der Waals surface area contributed by atoms with Crippen LogP contribution in [0, 0.1) is 17.3 Å². The molecule has 0 radical (unpaired) electrons. The number of hydrogen-bond donors (Lipinski definition) is 0. The minimum atomic E-state index is 0.186. The summed E-state index contributed by atoms with van der Waals surface area (Å²) in [7, 11) is 0. The van der Waals surface area contributed by atoms with Crippen LogP contribution in [0.15, 0.2) is 12.2 Å². The fraction of sp³-hybridized carbons (Fsp3) is 0.700. The van der Waals surface area contributed by atoms with Gasteiger partial charge in [-0.3, -0.25) is 4.79 Å². The van der Waals surface area contributed by atoms with E-state index in [1.54, 1.807) is 0 Å². The smallest absolute Gasteiger partial charge is 0.143 e. The molecule has 11 heavy (non-hydrogen) atoms. The molecule has 0 saturated heterocycles. The Balaban J connectivity index is 2.42. The van der Waals surface area contributed by atoms with Crippen molar-refractivity contribution in [3.8, 4) is 0 Å². The van der Waals surface area contributed by atoms with Crippen LogP contribution in [0.5, 0.6) is 0 Å². The summed E-state index contributed by atoms with van der Waals surface area (Å²) in [5.74, 6) is 0.972. The number of ketones is 1. The van der Waals surface area contributed by atoms with Crippen molar-refractivity contribution in [2.24, 2.45) is 17.3 Å². The monoisotopic (exact) mass is 150 g/mol. The number of Topliss-reactive ketones (excluding diaryl/α,β-unsaturated/α-hetero) is 1. The second kappa shape index (κ2) is 1.96. The van der Waals surface area contributed by atoms with Gasteiger partial charge < -0.3 is 0 Å². The van der Waals surface area contributed by atoms with Gasteiger partial charge in [0.2, 0.25) is 0 Å². The van der Waals surface area contributed by atoms with Crippen LogP contribution in [0.3, 0.4) is 0 Å². The summed E-state index contributed by atoms with van der Waals surface area (Å²) in [6.07, 6.45) is 6.62. The van der Waals surface area contributed by atoms with Crippen LogP contribution in [0.4, 0.5) is 0 Å². The minimum Gasteiger partial charge on any atom is -0.299 e. The van der Waals surface area contributed by atoms with Crippen LogP contribution in [0.25, 0.3) is 0 Å². The molecule has 3 aliphatic carbocycles. The fourth-order valence-electron chi connectivity index (χ4n) is 2.23. The number of fused-ring (bicyclic) bond motifs is 2. The standard InChI is InChI=1S/C10H14O/c1-7-9(11)8-3-5-10(7,2)6-4-8/h3,5,7-8H,4,6H2,1-2H3/t7-,8-,10+/m0/s1. The highest BCUT2D eigenvalue weighted by Crippen LogP contribution is 2.46. The van der Waals surface area contributed by atoms with Gasteiger partial charge in [0.15, 0.2) is 0 Å². The third-order valence-corrected chi connectivity index (χ3v) is 3.48. The van der Waals surface area contributed by atoms with Crippen molar-refractivity contribution in [2.75, 3.05) is 0 Å². The van der Waals surface area contributed by atoms with Crippen LogP contribution in [0.2, 0.25) is 0 Å². The van der Waals surface area contributed by atoms with Crippen LogP contribution in [-0.2, 0) is 4.79 Å². The number of rotatable bonds is 0. The topological polar surface area (TPSA) is 17.1 Å². The highest BCUT2D eigenvalue weighted by molar-refractivity contribution is 5.87. The molecule has 0 N–H and O–H groups in total. The minimum absolute atomic E-state index is 0.186. The molecule has 0 spiro atoms. The molecular weight excluding hydrogens is 136 g/mol. The number of hydrogen-bond acceptors (Lipinski definition) is 1. The van der Waals surface area contributed by atoms with Gasteiger partial charge in [-0.15, -0.1) is 0 Å². The molecule has 0 aromatic heterocycles. The maximum atomic E-state index is 11.5. The quantitative estimate of drug-likeness (QED) is 0.484. The molecule has 2 bridgehead atoms. The molecule has 0 heterocycles. The summed E-state index contributed by atoms with van der Waals surface area (Å²) < 4.78 is 0. The van der Waals surface area contributed by atoms with Gasteiger partial charge >= 0.3 is 0 Å². The van der Waals surface area contributed by atoms with E-state index in [0.717, 1.165) is 6.42 Å². The second-order valence-electron chi connectivity index (χ2n) is 4.13. The van der Waals surface area contributed by atoms with E-state index in [2.05, 4.69) is 26.0 Å². The predicted molar refractivity (Wildman–Crippen MR) is 44.1 cm³/mol. The van der Waals surface area contributed by atoms with E-state index in [0.29, 0.717) is 5.78 Å². The first-order valence-corrected chi connectivity index (χ1v) is 4.36. The van der Waals surface area contributed by atoms with Crippen molar-refractivity contribution in [1.29, 1.82) is 0 Å². The Labute approximate surface area is 67.5 Å². The first-order valence-electron chi connectivity index (χ1n) is 4.36. The van der Waals surface area contributed by atoms with Crippen LogP contribution in [0.1, 0.15) is 26.7 Å². The normalized spacial score (nSPS) is 48.4. The predicted octanol–water partition coefficient (Wildman–Crippen LogP) is 2.18. The zero-order valence-electron chi connectivity index (χ0n) is 7.13. The van der Waals surface area contributed by atoms with Crippen LogP contribution >= 0.6 is 0 Å². The van der Waals surface area contributed by atoms with Crippen molar-refractivity contribution in [3.63, 3.8) is 0 Å². The summed E-state index contributed by atoms with van der Waals surface area (Å²) in [5.41, 5.74) is 0.186. The lowest BCUT2D eigenvalue weighted by atomic mass is 9.60. The molecule has 1 heteroatoms. The molecule has 0 amide bonds. The Morgan fingerprint density at radius 1 is 1.64 bits per heavy atom. The number of carbonyl (C=O) groups excluding carboxylic acids is 1. The van der Waals surface area contributed by atoms with E-state index in [-0.39, 0.29) is 17.3 Å². The summed E-state index contributed by atoms with van der Waals surface area (Å²) in [5, 5.41) is 0. The molecule has 3 rings (SSSR count). The Kier molecular flexibility index (Phi) is 1.26. The lowest BCUT2D eigenvalue weighted by Gasteiger charge is -2.43. The third-order valence-electron chi connectivity index (χ3n) is 3.48. The molecule has 0 aromatic rings. The van der Waals surface area contributed by atoms with E-state index >= 15 is 0 Å². The molecule has 0 aromatic carbocycles. The van der Waals surface area contributed by atoms with Crippen molar-refractivity contribution in [1.82, 2.24) is 0 Å². The van der Waals surface area contributed by atoms with Gasteiger partial charge in [0, 0.05) is 11.8 Å². The Morgan fingerprint density at radius 2 is 2.36 bits per heavy atom. The van der Waals surface area contributed by atoms with Gasteiger partial charge in [-0.2, -0.15) is 0 Å². The van der Waals surface area contributed by atoms with Gasteiger partial charge in [-0.25, -0.2) is 0 Å². The molecule has 0 unspecified atom stereocenters. The summed E-state index contributed by atoms with van der Waals surface area (Å²) >= 11 is 0.